The summed E-state index contributed by atoms with van der Waals surface area (Å²) in [6.07, 6.45) is 0. The zero-order valence-corrected chi connectivity index (χ0v) is 15.1. The van der Waals surface area contributed by atoms with Gasteiger partial charge in [0.2, 0.25) is 0 Å². The fourth-order valence-corrected chi connectivity index (χ4v) is 4.62. The van der Waals surface area contributed by atoms with E-state index in [1.54, 1.807) is 11.3 Å². The Morgan fingerprint density at radius 1 is 0.704 bits per heavy atom. The predicted octanol–water partition coefficient (Wildman–Crippen LogP) is 5.40. The summed E-state index contributed by atoms with van der Waals surface area (Å²) in [6, 6.07) is 24.7. The maximum Gasteiger partial charge on any atom is 0.160 e. The lowest BCUT2D eigenvalue weighted by Gasteiger charge is -2.04. The number of hydrogen-bond acceptors (Lipinski definition) is 4. The number of aromatic nitrogens is 4. The summed E-state index contributed by atoms with van der Waals surface area (Å²) in [7, 11) is 0. The molecule has 0 atom stereocenters. The van der Waals surface area contributed by atoms with E-state index in [2.05, 4.69) is 47.0 Å². The maximum absolute atomic E-state index is 4.94. The first-order valence-corrected chi connectivity index (χ1v) is 9.67. The highest BCUT2D eigenvalue weighted by atomic mass is 32.1. The Bertz CT molecular complexity index is 1430. The maximum atomic E-state index is 4.94. The molecule has 0 amide bonds. The standard InChI is InChI=1S/C22H14N4S/c1-5-11-18-14(7-1)21-22(25-16-9-3-2-8-15(16)24-21)26(18)13-20-23-17-10-4-6-12-19(17)27-20/h1-12H,13H2. The van der Waals surface area contributed by atoms with Crippen LogP contribution >= 0.6 is 11.3 Å². The lowest BCUT2D eigenvalue weighted by molar-refractivity contribution is 0.850. The van der Waals surface area contributed by atoms with Gasteiger partial charge in [-0.2, -0.15) is 0 Å². The van der Waals surface area contributed by atoms with E-state index in [-0.39, 0.29) is 0 Å². The van der Waals surface area contributed by atoms with Gasteiger partial charge in [-0.05, 0) is 30.3 Å². The van der Waals surface area contributed by atoms with Crippen LogP contribution in [0, 0.1) is 0 Å². The molecular weight excluding hydrogens is 352 g/mol. The van der Waals surface area contributed by atoms with E-state index < -0.39 is 0 Å². The third-order valence-corrected chi connectivity index (χ3v) is 5.91. The van der Waals surface area contributed by atoms with Crippen molar-refractivity contribution in [1.82, 2.24) is 19.5 Å². The smallest absolute Gasteiger partial charge is 0.160 e. The fourth-order valence-electron chi connectivity index (χ4n) is 3.67. The van der Waals surface area contributed by atoms with Gasteiger partial charge in [0.05, 0.1) is 33.3 Å². The minimum absolute atomic E-state index is 0.691. The van der Waals surface area contributed by atoms with Crippen LogP contribution in [0.5, 0.6) is 0 Å². The first kappa shape index (κ1) is 14.8. The molecule has 27 heavy (non-hydrogen) atoms. The second kappa shape index (κ2) is 5.59. The van der Waals surface area contributed by atoms with Gasteiger partial charge in [-0.1, -0.05) is 42.5 Å². The van der Waals surface area contributed by atoms with Crippen LogP contribution in [0.2, 0.25) is 0 Å². The summed E-state index contributed by atoms with van der Waals surface area (Å²) in [5.74, 6) is 0. The number of nitrogens with zero attached hydrogens (tertiary/aromatic N) is 4. The van der Waals surface area contributed by atoms with Crippen molar-refractivity contribution >= 4 is 54.7 Å². The molecule has 5 heteroatoms. The number of para-hydroxylation sites is 4. The Balaban J connectivity index is 1.64. The minimum Gasteiger partial charge on any atom is -0.317 e. The van der Waals surface area contributed by atoms with Crippen molar-refractivity contribution in [2.24, 2.45) is 0 Å². The molecule has 0 saturated carbocycles. The Morgan fingerprint density at radius 2 is 1.41 bits per heavy atom. The molecule has 0 aliphatic rings. The molecule has 6 aromatic rings. The van der Waals surface area contributed by atoms with Crippen LogP contribution in [0.3, 0.4) is 0 Å². The van der Waals surface area contributed by atoms with Gasteiger partial charge in [0.15, 0.2) is 5.65 Å². The second-order valence-electron chi connectivity index (χ2n) is 6.56. The van der Waals surface area contributed by atoms with Crippen molar-refractivity contribution in [2.75, 3.05) is 0 Å². The van der Waals surface area contributed by atoms with Crippen molar-refractivity contribution in [3.8, 4) is 0 Å². The van der Waals surface area contributed by atoms with Crippen LogP contribution in [0.15, 0.2) is 72.8 Å². The molecule has 0 bridgehead atoms. The van der Waals surface area contributed by atoms with Crippen molar-refractivity contribution in [3.05, 3.63) is 77.8 Å². The Labute approximate surface area is 158 Å². The van der Waals surface area contributed by atoms with Gasteiger partial charge in [-0.25, -0.2) is 15.0 Å². The van der Waals surface area contributed by atoms with Crippen LogP contribution in [0.1, 0.15) is 5.01 Å². The number of fused-ring (bicyclic) bond motifs is 5. The minimum atomic E-state index is 0.691. The van der Waals surface area contributed by atoms with Crippen LogP contribution in [0.4, 0.5) is 0 Å². The summed E-state index contributed by atoms with van der Waals surface area (Å²) < 4.78 is 3.45. The molecule has 0 radical (unpaired) electrons. The average Bonchev–Trinajstić information content (AvgIpc) is 3.26. The molecule has 4 nitrogen and oxygen atoms in total. The first-order chi connectivity index (χ1) is 13.4. The van der Waals surface area contributed by atoms with Crippen LogP contribution in [-0.4, -0.2) is 19.5 Å². The Morgan fingerprint density at radius 3 is 2.26 bits per heavy atom. The topological polar surface area (TPSA) is 43.6 Å². The van der Waals surface area contributed by atoms with E-state index in [4.69, 9.17) is 15.0 Å². The van der Waals surface area contributed by atoms with E-state index in [1.165, 1.54) is 4.70 Å². The average molecular weight is 366 g/mol. The second-order valence-corrected chi connectivity index (χ2v) is 7.68. The number of thiazole rings is 1. The lowest BCUT2D eigenvalue weighted by Crippen LogP contribution is -2.00. The van der Waals surface area contributed by atoms with E-state index in [9.17, 15) is 0 Å². The summed E-state index contributed by atoms with van der Waals surface area (Å²) >= 11 is 1.74. The van der Waals surface area contributed by atoms with Crippen molar-refractivity contribution < 1.29 is 0 Å². The SMILES string of the molecule is c1ccc2nc3c(nc2c1)c1ccccc1n3Cc1nc2ccccc2s1. The van der Waals surface area contributed by atoms with E-state index in [1.807, 2.05) is 30.3 Å². The summed E-state index contributed by atoms with van der Waals surface area (Å²) in [5.41, 5.74) is 5.89. The summed E-state index contributed by atoms with van der Waals surface area (Å²) in [5, 5.41) is 2.21. The predicted molar refractivity (Wildman–Crippen MR) is 111 cm³/mol. The summed E-state index contributed by atoms with van der Waals surface area (Å²) in [6.45, 7) is 0.691. The van der Waals surface area contributed by atoms with Crippen molar-refractivity contribution in [1.29, 1.82) is 0 Å². The van der Waals surface area contributed by atoms with Gasteiger partial charge >= 0.3 is 0 Å². The third kappa shape index (κ3) is 2.25. The monoisotopic (exact) mass is 366 g/mol. The normalized spacial score (nSPS) is 11.9. The Hall–Kier alpha value is -3.31. The highest BCUT2D eigenvalue weighted by molar-refractivity contribution is 7.18. The fraction of sp³-hybridized carbons (Fsp3) is 0.0455. The molecule has 6 rings (SSSR count). The molecule has 0 saturated heterocycles. The molecule has 0 spiro atoms. The van der Waals surface area contributed by atoms with Gasteiger partial charge < -0.3 is 4.57 Å². The molecular formula is C22H14N4S. The van der Waals surface area contributed by atoms with Crippen LogP contribution < -0.4 is 0 Å². The highest BCUT2D eigenvalue weighted by Gasteiger charge is 2.15. The van der Waals surface area contributed by atoms with Gasteiger partial charge in [-0.15, -0.1) is 11.3 Å². The molecule has 0 N–H and O–H groups in total. The largest absolute Gasteiger partial charge is 0.317 e. The van der Waals surface area contributed by atoms with E-state index in [0.717, 1.165) is 43.6 Å². The zero-order chi connectivity index (χ0) is 17.8. The molecule has 3 aromatic heterocycles. The number of rotatable bonds is 2. The zero-order valence-electron chi connectivity index (χ0n) is 14.3. The molecule has 0 fully saturated rings. The van der Waals surface area contributed by atoms with Gasteiger partial charge in [0, 0.05) is 5.39 Å². The Kier molecular flexibility index (Phi) is 3.07. The molecule has 0 aliphatic carbocycles. The molecule has 0 unspecified atom stereocenters. The van der Waals surface area contributed by atoms with Gasteiger partial charge in [0.1, 0.15) is 10.5 Å². The number of hydrogen-bond donors (Lipinski definition) is 0. The lowest BCUT2D eigenvalue weighted by atomic mass is 10.2. The van der Waals surface area contributed by atoms with E-state index >= 15 is 0 Å². The highest BCUT2D eigenvalue weighted by Crippen LogP contribution is 2.30. The quantitative estimate of drug-likeness (QED) is 0.412. The third-order valence-electron chi connectivity index (χ3n) is 4.89. The van der Waals surface area contributed by atoms with Crippen molar-refractivity contribution in [3.63, 3.8) is 0 Å². The first-order valence-electron chi connectivity index (χ1n) is 8.85. The van der Waals surface area contributed by atoms with Gasteiger partial charge in [-0.3, -0.25) is 0 Å². The van der Waals surface area contributed by atoms with Gasteiger partial charge in [0.25, 0.3) is 0 Å². The van der Waals surface area contributed by atoms with E-state index in [0.29, 0.717) is 6.54 Å². The van der Waals surface area contributed by atoms with Crippen molar-refractivity contribution in [2.45, 2.75) is 6.54 Å². The molecule has 128 valence electrons. The number of benzene rings is 3. The van der Waals surface area contributed by atoms with Crippen LogP contribution in [-0.2, 0) is 6.54 Å². The molecule has 0 aliphatic heterocycles. The molecule has 3 aromatic carbocycles. The van der Waals surface area contributed by atoms with Crippen LogP contribution in [0.25, 0.3) is 43.3 Å². The summed E-state index contributed by atoms with van der Waals surface area (Å²) in [4.78, 5) is 14.7. The molecule has 3 heterocycles.